The molecule has 0 aliphatic carbocycles. The zero-order valence-corrected chi connectivity index (χ0v) is 18.9. The lowest BCUT2D eigenvalue weighted by Crippen LogP contribution is -3.00. The number of primary amides is 2. The van der Waals surface area contributed by atoms with Gasteiger partial charge in [-0.1, -0.05) is 0 Å². The van der Waals surface area contributed by atoms with Crippen molar-refractivity contribution in [2.45, 2.75) is 38.5 Å². The molecule has 0 fully saturated rings. The van der Waals surface area contributed by atoms with E-state index in [1.54, 1.807) is 0 Å². The first-order valence-corrected chi connectivity index (χ1v) is 8.25. The highest BCUT2D eigenvalue weighted by Gasteiger charge is 2.17. The second-order valence-electron chi connectivity index (χ2n) is 7.61. The highest BCUT2D eigenvalue weighted by atomic mass is 79.9. The van der Waals surface area contributed by atoms with Crippen molar-refractivity contribution in [3.8, 4) is 0 Å². The van der Waals surface area contributed by atoms with Crippen molar-refractivity contribution in [3.05, 3.63) is 0 Å². The molecule has 0 spiro atoms. The maximum Gasteiger partial charge on any atom is 0.223 e. The van der Waals surface area contributed by atoms with Crippen LogP contribution in [0.15, 0.2) is 0 Å². The average molecular weight is 476 g/mol. The SMILES string of the molecule is C[N+](C)(CCCCCC[N+](C)(C)CCC(N)=O)CCC(N)=O.[Br-].[Br-]. The summed E-state index contributed by atoms with van der Waals surface area (Å²) in [6.07, 6.45) is 5.65. The standard InChI is InChI=1S/C16H34N4O2.2BrH/c1-19(2,13-9-15(17)21)11-7-5-6-8-12-20(3,4)14-10-16(18)22;;/h5-14H2,1-4H3,(H2-2,17,18,21,22);2*1H. The molecule has 0 rings (SSSR count). The van der Waals surface area contributed by atoms with Crippen LogP contribution in [0.1, 0.15) is 38.5 Å². The Labute approximate surface area is 168 Å². The van der Waals surface area contributed by atoms with Crippen LogP contribution in [0.2, 0.25) is 0 Å². The number of nitrogens with zero attached hydrogens (tertiary/aromatic N) is 2. The fourth-order valence-corrected chi connectivity index (χ4v) is 2.48. The summed E-state index contributed by atoms with van der Waals surface area (Å²) in [6, 6.07) is 0. The summed E-state index contributed by atoms with van der Waals surface area (Å²) in [5.41, 5.74) is 10.4. The number of rotatable bonds is 13. The summed E-state index contributed by atoms with van der Waals surface area (Å²) in [4.78, 5) is 21.7. The molecule has 2 amide bonds. The molecule has 0 saturated heterocycles. The monoisotopic (exact) mass is 474 g/mol. The van der Waals surface area contributed by atoms with E-state index in [2.05, 4.69) is 28.2 Å². The van der Waals surface area contributed by atoms with E-state index in [0.717, 1.165) is 35.1 Å². The minimum Gasteiger partial charge on any atom is -1.00 e. The topological polar surface area (TPSA) is 86.2 Å². The molecule has 0 aromatic rings. The Hall–Kier alpha value is -0.180. The Morgan fingerprint density at radius 1 is 0.625 bits per heavy atom. The van der Waals surface area contributed by atoms with Crippen molar-refractivity contribution in [2.24, 2.45) is 11.5 Å². The number of nitrogens with two attached hydrogens (primary N) is 2. The minimum atomic E-state index is -0.220. The highest BCUT2D eigenvalue weighted by molar-refractivity contribution is 5.74. The van der Waals surface area contributed by atoms with E-state index in [1.165, 1.54) is 25.7 Å². The predicted molar refractivity (Wildman–Crippen MR) is 89.8 cm³/mol. The van der Waals surface area contributed by atoms with Gasteiger partial charge in [0.1, 0.15) is 0 Å². The molecule has 4 N–H and O–H groups in total. The fourth-order valence-electron chi connectivity index (χ4n) is 2.48. The maximum absolute atomic E-state index is 10.8. The van der Waals surface area contributed by atoms with Gasteiger partial charge in [-0.2, -0.15) is 0 Å². The molecule has 0 aromatic heterocycles. The zero-order chi connectivity index (χ0) is 17.2. The van der Waals surface area contributed by atoms with Crippen molar-refractivity contribution < 1.29 is 52.5 Å². The molecule has 0 radical (unpaired) electrons. The first-order chi connectivity index (χ1) is 10.0. The van der Waals surface area contributed by atoms with Gasteiger partial charge in [0.25, 0.3) is 0 Å². The van der Waals surface area contributed by atoms with Gasteiger partial charge in [0.15, 0.2) is 0 Å². The lowest BCUT2D eigenvalue weighted by atomic mass is 10.1. The van der Waals surface area contributed by atoms with Crippen LogP contribution in [-0.2, 0) is 9.59 Å². The Bertz CT molecular complexity index is 330. The lowest BCUT2D eigenvalue weighted by molar-refractivity contribution is -0.890. The molecule has 0 saturated carbocycles. The van der Waals surface area contributed by atoms with Crippen molar-refractivity contribution >= 4 is 11.8 Å². The molecule has 0 atom stereocenters. The van der Waals surface area contributed by atoms with Crippen LogP contribution in [0.4, 0.5) is 0 Å². The summed E-state index contributed by atoms with van der Waals surface area (Å²) >= 11 is 0. The Morgan fingerprint density at radius 3 is 1.17 bits per heavy atom. The second kappa shape index (κ2) is 14.0. The molecule has 0 bridgehead atoms. The third-order valence-corrected chi connectivity index (χ3v) is 4.20. The summed E-state index contributed by atoms with van der Waals surface area (Å²) in [5.74, 6) is -0.440. The van der Waals surface area contributed by atoms with Gasteiger partial charge < -0.3 is 54.4 Å². The molecular formula is C16H36Br2N4O2. The number of unbranched alkanes of at least 4 members (excludes halogenated alkanes) is 3. The van der Waals surface area contributed by atoms with Crippen LogP contribution in [0.25, 0.3) is 0 Å². The predicted octanol–water partition coefficient (Wildman–Crippen LogP) is -5.54. The first kappa shape index (κ1) is 28.6. The van der Waals surface area contributed by atoms with Gasteiger partial charge in [-0.05, 0) is 25.7 Å². The van der Waals surface area contributed by atoms with E-state index in [4.69, 9.17) is 11.5 Å². The fraction of sp³-hybridized carbons (Fsp3) is 0.875. The lowest BCUT2D eigenvalue weighted by Gasteiger charge is -2.30. The highest BCUT2D eigenvalue weighted by Crippen LogP contribution is 2.09. The molecule has 0 aliphatic rings. The van der Waals surface area contributed by atoms with Crippen LogP contribution in [0, 0.1) is 0 Å². The number of carbonyl (C=O) groups is 2. The van der Waals surface area contributed by atoms with E-state index in [1.807, 2.05) is 0 Å². The average Bonchev–Trinajstić information content (AvgIpc) is 2.38. The van der Waals surface area contributed by atoms with Crippen LogP contribution in [0.5, 0.6) is 0 Å². The summed E-state index contributed by atoms with van der Waals surface area (Å²) < 4.78 is 1.70. The van der Waals surface area contributed by atoms with Gasteiger partial charge in [0, 0.05) is 0 Å². The van der Waals surface area contributed by atoms with E-state index in [-0.39, 0.29) is 45.8 Å². The van der Waals surface area contributed by atoms with Crippen molar-refractivity contribution in [1.29, 1.82) is 0 Å². The van der Waals surface area contributed by atoms with Crippen LogP contribution < -0.4 is 45.4 Å². The molecule has 0 unspecified atom stereocenters. The summed E-state index contributed by atoms with van der Waals surface area (Å²) in [7, 11) is 8.58. The number of amides is 2. The number of halogens is 2. The quantitative estimate of drug-likeness (QED) is 0.205. The number of hydrogen-bond acceptors (Lipinski definition) is 2. The smallest absolute Gasteiger partial charge is 0.223 e. The zero-order valence-electron chi connectivity index (χ0n) is 15.7. The minimum absolute atomic E-state index is 0. The first-order valence-electron chi connectivity index (χ1n) is 8.25. The van der Waals surface area contributed by atoms with Gasteiger partial charge in [-0.25, -0.2) is 0 Å². The molecule has 0 aromatic carbocycles. The Balaban J connectivity index is -0.00000220. The molecule has 0 heterocycles. The third kappa shape index (κ3) is 18.2. The van der Waals surface area contributed by atoms with Gasteiger partial charge in [-0.3, -0.25) is 9.59 Å². The molecule has 0 aliphatic heterocycles. The molecular weight excluding hydrogens is 440 g/mol. The van der Waals surface area contributed by atoms with Crippen molar-refractivity contribution in [3.63, 3.8) is 0 Å². The summed E-state index contributed by atoms with van der Waals surface area (Å²) in [5, 5.41) is 0. The largest absolute Gasteiger partial charge is 1.00 e. The normalized spacial score (nSPS) is 11.3. The molecule has 24 heavy (non-hydrogen) atoms. The van der Waals surface area contributed by atoms with Gasteiger partial charge in [-0.15, -0.1) is 0 Å². The van der Waals surface area contributed by atoms with Crippen molar-refractivity contribution in [2.75, 3.05) is 54.4 Å². The Kier molecular flexibility index (Phi) is 16.7. The van der Waals surface area contributed by atoms with Gasteiger partial charge in [0.2, 0.25) is 11.8 Å². The number of quaternary nitrogens is 2. The van der Waals surface area contributed by atoms with Crippen LogP contribution >= 0.6 is 0 Å². The third-order valence-electron chi connectivity index (χ3n) is 4.20. The van der Waals surface area contributed by atoms with Gasteiger partial charge in [0.05, 0.1) is 67.2 Å². The number of carbonyl (C=O) groups excluding carboxylic acids is 2. The second-order valence-corrected chi connectivity index (χ2v) is 7.61. The number of hydrogen-bond donors (Lipinski definition) is 2. The van der Waals surface area contributed by atoms with E-state index >= 15 is 0 Å². The van der Waals surface area contributed by atoms with E-state index in [9.17, 15) is 9.59 Å². The van der Waals surface area contributed by atoms with Gasteiger partial charge >= 0.3 is 0 Å². The molecule has 146 valence electrons. The van der Waals surface area contributed by atoms with Crippen LogP contribution in [0.3, 0.4) is 0 Å². The maximum atomic E-state index is 10.8. The van der Waals surface area contributed by atoms with Crippen LogP contribution in [-0.4, -0.2) is 75.2 Å². The summed E-state index contributed by atoms with van der Waals surface area (Å²) in [6.45, 7) is 3.78. The van der Waals surface area contributed by atoms with E-state index in [0.29, 0.717) is 12.8 Å². The van der Waals surface area contributed by atoms with E-state index < -0.39 is 0 Å². The molecule has 6 nitrogen and oxygen atoms in total. The van der Waals surface area contributed by atoms with Crippen molar-refractivity contribution in [1.82, 2.24) is 0 Å². The Morgan fingerprint density at radius 2 is 0.917 bits per heavy atom. The molecule has 8 heteroatoms.